The molecule has 2 aromatic carbocycles. The standard InChI is InChI=1S/C14H11BrINO2/c1-8-6-10(3-4-11(8)15)17-14(19)9-2-5-12(16)13(18)7-9/h2-7,18H,1H3,(H,17,19). The average Bonchev–Trinajstić information content (AvgIpc) is 2.37. The fourth-order valence-corrected chi connectivity index (χ4v) is 2.16. The fourth-order valence-electron chi connectivity index (χ4n) is 1.58. The van der Waals surface area contributed by atoms with Crippen LogP contribution in [0.4, 0.5) is 5.69 Å². The van der Waals surface area contributed by atoms with E-state index in [2.05, 4.69) is 21.2 Å². The fraction of sp³-hybridized carbons (Fsp3) is 0.0714. The zero-order valence-corrected chi connectivity index (χ0v) is 13.8. The van der Waals surface area contributed by atoms with Crippen molar-refractivity contribution in [1.82, 2.24) is 0 Å². The lowest BCUT2D eigenvalue weighted by Gasteiger charge is -2.08. The molecule has 0 aliphatic heterocycles. The Morgan fingerprint density at radius 2 is 2.00 bits per heavy atom. The van der Waals surface area contributed by atoms with Gasteiger partial charge in [0.2, 0.25) is 0 Å². The van der Waals surface area contributed by atoms with Crippen molar-refractivity contribution < 1.29 is 9.90 Å². The van der Waals surface area contributed by atoms with Gasteiger partial charge in [-0.15, -0.1) is 0 Å². The van der Waals surface area contributed by atoms with Crippen LogP contribution >= 0.6 is 38.5 Å². The van der Waals surface area contributed by atoms with E-state index in [1.54, 1.807) is 12.1 Å². The van der Waals surface area contributed by atoms with Gasteiger partial charge in [-0.2, -0.15) is 0 Å². The summed E-state index contributed by atoms with van der Waals surface area (Å²) in [7, 11) is 0. The van der Waals surface area contributed by atoms with Crippen molar-refractivity contribution in [2.75, 3.05) is 5.32 Å². The van der Waals surface area contributed by atoms with Crippen LogP contribution in [0.2, 0.25) is 0 Å². The monoisotopic (exact) mass is 431 g/mol. The van der Waals surface area contributed by atoms with Crippen LogP contribution in [-0.4, -0.2) is 11.0 Å². The Balaban J connectivity index is 2.20. The van der Waals surface area contributed by atoms with Gasteiger partial charge in [-0.1, -0.05) is 15.9 Å². The molecule has 0 saturated carbocycles. The molecule has 0 saturated heterocycles. The van der Waals surface area contributed by atoms with Gasteiger partial charge in [-0.05, 0) is 71.5 Å². The molecule has 0 bridgehead atoms. The Labute approximate surface area is 133 Å². The molecule has 0 fully saturated rings. The molecule has 0 radical (unpaired) electrons. The first-order chi connectivity index (χ1) is 8.97. The maximum Gasteiger partial charge on any atom is 0.255 e. The lowest BCUT2D eigenvalue weighted by molar-refractivity contribution is 0.102. The number of aryl methyl sites for hydroxylation is 1. The van der Waals surface area contributed by atoms with Gasteiger partial charge in [0.05, 0.1) is 3.57 Å². The minimum absolute atomic E-state index is 0.111. The molecule has 0 spiro atoms. The summed E-state index contributed by atoms with van der Waals surface area (Å²) in [4.78, 5) is 12.0. The second-order valence-corrected chi connectivity index (χ2v) is 6.10. The molecule has 1 amide bonds. The van der Waals surface area contributed by atoms with Crippen LogP contribution < -0.4 is 5.32 Å². The molecule has 0 aliphatic rings. The van der Waals surface area contributed by atoms with Gasteiger partial charge in [0.15, 0.2) is 0 Å². The van der Waals surface area contributed by atoms with Crippen LogP contribution in [0.25, 0.3) is 0 Å². The van der Waals surface area contributed by atoms with Crippen molar-refractivity contribution in [3.8, 4) is 5.75 Å². The predicted octanol–water partition coefficient (Wildman–Crippen LogP) is 4.32. The normalized spacial score (nSPS) is 10.3. The van der Waals surface area contributed by atoms with Crippen molar-refractivity contribution in [3.05, 3.63) is 55.6 Å². The molecular weight excluding hydrogens is 421 g/mol. The largest absolute Gasteiger partial charge is 0.507 e. The molecule has 0 atom stereocenters. The highest BCUT2D eigenvalue weighted by molar-refractivity contribution is 14.1. The summed E-state index contributed by atoms with van der Waals surface area (Å²) in [6, 6.07) is 10.4. The number of benzene rings is 2. The SMILES string of the molecule is Cc1cc(NC(=O)c2ccc(I)c(O)c2)ccc1Br. The number of carbonyl (C=O) groups excluding carboxylic acids is 1. The molecule has 19 heavy (non-hydrogen) atoms. The molecule has 0 aliphatic carbocycles. The number of phenolic OH excluding ortho intramolecular Hbond substituents is 1. The van der Waals surface area contributed by atoms with E-state index >= 15 is 0 Å². The van der Waals surface area contributed by atoms with Gasteiger partial charge in [-0.25, -0.2) is 0 Å². The van der Waals surface area contributed by atoms with Gasteiger partial charge < -0.3 is 10.4 Å². The van der Waals surface area contributed by atoms with Crippen molar-refractivity contribution in [2.45, 2.75) is 6.92 Å². The summed E-state index contributed by atoms with van der Waals surface area (Å²) in [5.74, 6) is -0.131. The van der Waals surface area contributed by atoms with Crippen LogP contribution in [0.3, 0.4) is 0 Å². The number of aromatic hydroxyl groups is 1. The second-order valence-electron chi connectivity index (χ2n) is 4.08. The summed E-state index contributed by atoms with van der Waals surface area (Å²) in [6.07, 6.45) is 0. The van der Waals surface area contributed by atoms with Crippen LogP contribution in [0.5, 0.6) is 5.75 Å². The Morgan fingerprint density at radius 3 is 2.63 bits per heavy atom. The van der Waals surface area contributed by atoms with Crippen molar-refractivity contribution >= 4 is 50.1 Å². The van der Waals surface area contributed by atoms with E-state index in [0.29, 0.717) is 9.13 Å². The first-order valence-electron chi connectivity index (χ1n) is 5.53. The molecule has 0 aromatic heterocycles. The Hall–Kier alpha value is -1.08. The topological polar surface area (TPSA) is 49.3 Å². The van der Waals surface area contributed by atoms with E-state index in [-0.39, 0.29) is 11.7 Å². The number of phenols is 1. The van der Waals surface area contributed by atoms with Crippen molar-refractivity contribution in [3.63, 3.8) is 0 Å². The van der Waals surface area contributed by atoms with Crippen LogP contribution in [-0.2, 0) is 0 Å². The molecule has 98 valence electrons. The first-order valence-corrected chi connectivity index (χ1v) is 7.40. The van der Waals surface area contributed by atoms with E-state index in [1.165, 1.54) is 6.07 Å². The number of hydrogen-bond acceptors (Lipinski definition) is 2. The second kappa shape index (κ2) is 5.92. The number of rotatable bonds is 2. The highest BCUT2D eigenvalue weighted by Crippen LogP contribution is 2.23. The van der Waals surface area contributed by atoms with E-state index in [9.17, 15) is 9.90 Å². The van der Waals surface area contributed by atoms with Gasteiger partial charge in [0.1, 0.15) is 5.75 Å². The maximum absolute atomic E-state index is 12.0. The van der Waals surface area contributed by atoms with E-state index in [1.807, 2.05) is 47.7 Å². The molecule has 5 heteroatoms. The van der Waals surface area contributed by atoms with Crippen molar-refractivity contribution in [1.29, 1.82) is 0 Å². The quantitative estimate of drug-likeness (QED) is 0.695. The zero-order chi connectivity index (χ0) is 14.0. The van der Waals surface area contributed by atoms with Crippen LogP contribution in [0, 0.1) is 10.5 Å². The highest BCUT2D eigenvalue weighted by atomic mass is 127. The molecule has 0 heterocycles. The number of nitrogens with one attached hydrogen (secondary N) is 1. The third kappa shape index (κ3) is 3.48. The lowest BCUT2D eigenvalue weighted by atomic mass is 10.2. The lowest BCUT2D eigenvalue weighted by Crippen LogP contribution is -2.11. The molecule has 2 rings (SSSR count). The number of anilines is 1. The zero-order valence-electron chi connectivity index (χ0n) is 10.1. The molecular formula is C14H11BrINO2. The minimum Gasteiger partial charge on any atom is -0.507 e. The summed E-state index contributed by atoms with van der Waals surface area (Å²) < 4.78 is 1.71. The predicted molar refractivity (Wildman–Crippen MR) is 87.7 cm³/mol. The maximum atomic E-state index is 12.0. The Morgan fingerprint density at radius 1 is 1.26 bits per heavy atom. The summed E-state index contributed by atoms with van der Waals surface area (Å²) in [6.45, 7) is 1.95. The van der Waals surface area contributed by atoms with Gasteiger partial charge >= 0.3 is 0 Å². The van der Waals surface area contributed by atoms with Crippen LogP contribution in [0.15, 0.2) is 40.9 Å². The smallest absolute Gasteiger partial charge is 0.255 e. The summed E-state index contributed by atoms with van der Waals surface area (Å²) in [5, 5.41) is 12.4. The molecule has 3 nitrogen and oxygen atoms in total. The first kappa shape index (κ1) is 14.3. The van der Waals surface area contributed by atoms with E-state index in [0.717, 1.165) is 15.7 Å². The molecule has 0 unspecified atom stereocenters. The van der Waals surface area contributed by atoms with Crippen molar-refractivity contribution in [2.24, 2.45) is 0 Å². The van der Waals surface area contributed by atoms with Crippen LogP contribution in [0.1, 0.15) is 15.9 Å². The number of halogens is 2. The third-order valence-electron chi connectivity index (χ3n) is 2.62. The van der Waals surface area contributed by atoms with Gasteiger partial charge in [0, 0.05) is 15.7 Å². The Bertz CT molecular complexity index is 643. The third-order valence-corrected chi connectivity index (χ3v) is 4.43. The molecule has 2 N–H and O–H groups in total. The number of hydrogen-bond donors (Lipinski definition) is 2. The Kier molecular flexibility index (Phi) is 4.46. The highest BCUT2D eigenvalue weighted by Gasteiger charge is 2.09. The number of amides is 1. The molecule has 2 aromatic rings. The summed E-state index contributed by atoms with van der Waals surface area (Å²) >= 11 is 5.42. The summed E-state index contributed by atoms with van der Waals surface area (Å²) in [5.41, 5.74) is 2.20. The van der Waals surface area contributed by atoms with Gasteiger partial charge in [0.25, 0.3) is 5.91 Å². The van der Waals surface area contributed by atoms with E-state index in [4.69, 9.17) is 0 Å². The van der Waals surface area contributed by atoms with E-state index < -0.39 is 0 Å². The minimum atomic E-state index is -0.242. The van der Waals surface area contributed by atoms with Gasteiger partial charge in [-0.3, -0.25) is 4.79 Å². The average molecular weight is 432 g/mol. The number of carbonyl (C=O) groups is 1.